The van der Waals surface area contributed by atoms with E-state index in [1.54, 1.807) is 13.0 Å². The van der Waals surface area contributed by atoms with E-state index in [1.165, 1.54) is 23.2 Å². The van der Waals surface area contributed by atoms with E-state index in [9.17, 15) is 9.50 Å². The molecule has 3 heteroatoms. The molecule has 0 bridgehead atoms. The summed E-state index contributed by atoms with van der Waals surface area (Å²) in [6.07, 6.45) is -0.825. The van der Waals surface area contributed by atoms with Gasteiger partial charge in [0.15, 0.2) is 0 Å². The van der Waals surface area contributed by atoms with Crippen LogP contribution < -0.4 is 0 Å². The molecule has 3 rings (SSSR count). The Morgan fingerprint density at radius 1 is 0.952 bits per heavy atom. The van der Waals surface area contributed by atoms with Gasteiger partial charge in [-0.05, 0) is 42.0 Å². The minimum Gasteiger partial charge on any atom is -0.389 e. The molecule has 0 saturated carbocycles. The summed E-state index contributed by atoms with van der Waals surface area (Å²) in [5, 5.41) is 12.1. The van der Waals surface area contributed by atoms with Crippen molar-refractivity contribution in [3.05, 3.63) is 72.0 Å². The summed E-state index contributed by atoms with van der Waals surface area (Å²) in [6, 6.07) is 19.2. The molecule has 0 amide bonds. The number of aliphatic hydroxyl groups excluding tert-OH is 1. The van der Waals surface area contributed by atoms with Crippen LogP contribution in [-0.4, -0.2) is 5.11 Å². The van der Waals surface area contributed by atoms with Crippen LogP contribution in [0.2, 0.25) is 0 Å². The van der Waals surface area contributed by atoms with Crippen molar-refractivity contribution < 1.29 is 9.50 Å². The quantitative estimate of drug-likeness (QED) is 0.718. The molecule has 1 N–H and O–H groups in total. The molecule has 3 aromatic rings. The lowest BCUT2D eigenvalue weighted by Crippen LogP contribution is -1.98. The monoisotopic (exact) mass is 298 g/mol. The maximum absolute atomic E-state index is 13.9. The maximum Gasteiger partial charge on any atom is 0.130 e. The predicted octanol–water partition coefficient (Wildman–Crippen LogP) is 5.18. The third-order valence-electron chi connectivity index (χ3n) is 3.38. The molecule has 3 aromatic carbocycles. The fourth-order valence-electron chi connectivity index (χ4n) is 2.37. The first-order valence-electron chi connectivity index (χ1n) is 6.78. The normalized spacial score (nSPS) is 12.5. The van der Waals surface area contributed by atoms with Crippen LogP contribution in [-0.2, 0) is 0 Å². The molecule has 0 spiro atoms. The lowest BCUT2D eigenvalue weighted by molar-refractivity contribution is 0.191. The molecule has 1 atom stereocenters. The van der Waals surface area contributed by atoms with E-state index in [0.717, 1.165) is 15.2 Å². The second-order valence-electron chi connectivity index (χ2n) is 4.94. The Kier molecular flexibility index (Phi) is 3.95. The fourth-order valence-corrected chi connectivity index (χ4v) is 3.47. The van der Waals surface area contributed by atoms with Crippen molar-refractivity contribution in [1.82, 2.24) is 0 Å². The Labute approximate surface area is 127 Å². The van der Waals surface area contributed by atoms with E-state index in [4.69, 9.17) is 0 Å². The van der Waals surface area contributed by atoms with Crippen LogP contribution in [0.5, 0.6) is 0 Å². The largest absolute Gasteiger partial charge is 0.389 e. The molecule has 0 heterocycles. The Bertz CT molecular complexity index is 783. The van der Waals surface area contributed by atoms with Crippen LogP contribution in [0.1, 0.15) is 18.6 Å². The zero-order valence-corrected chi connectivity index (χ0v) is 12.4. The zero-order valence-electron chi connectivity index (χ0n) is 11.6. The van der Waals surface area contributed by atoms with E-state index < -0.39 is 6.10 Å². The first kappa shape index (κ1) is 14.1. The molecule has 0 fully saturated rings. The van der Waals surface area contributed by atoms with E-state index in [0.29, 0.717) is 5.56 Å². The standard InChI is InChI=1S/C18H15FOS/c1-12(20)18-16(19)7-4-8-17(18)21-15-10-9-13-5-2-3-6-14(13)11-15/h2-12,20H,1H3/t12-/m1/s1. The van der Waals surface area contributed by atoms with Gasteiger partial charge < -0.3 is 5.11 Å². The van der Waals surface area contributed by atoms with Gasteiger partial charge in [0.05, 0.1) is 6.10 Å². The Hall–Kier alpha value is -1.84. The molecule has 21 heavy (non-hydrogen) atoms. The van der Waals surface area contributed by atoms with Gasteiger partial charge in [-0.3, -0.25) is 0 Å². The third kappa shape index (κ3) is 2.94. The van der Waals surface area contributed by atoms with Gasteiger partial charge in [-0.15, -0.1) is 0 Å². The van der Waals surface area contributed by atoms with Crippen molar-refractivity contribution in [2.75, 3.05) is 0 Å². The lowest BCUT2D eigenvalue weighted by atomic mass is 10.1. The number of benzene rings is 3. The highest BCUT2D eigenvalue weighted by Crippen LogP contribution is 2.35. The average molecular weight is 298 g/mol. The number of rotatable bonds is 3. The molecular weight excluding hydrogens is 283 g/mol. The zero-order chi connectivity index (χ0) is 14.8. The van der Waals surface area contributed by atoms with Gasteiger partial charge in [0, 0.05) is 15.4 Å². The van der Waals surface area contributed by atoms with E-state index in [1.807, 2.05) is 24.3 Å². The highest BCUT2D eigenvalue weighted by Gasteiger charge is 2.14. The summed E-state index contributed by atoms with van der Waals surface area (Å²) in [6.45, 7) is 1.59. The predicted molar refractivity (Wildman–Crippen MR) is 85.1 cm³/mol. The molecule has 0 aliphatic carbocycles. The van der Waals surface area contributed by atoms with Crippen LogP contribution in [0.25, 0.3) is 10.8 Å². The fraction of sp³-hybridized carbons (Fsp3) is 0.111. The summed E-state index contributed by atoms with van der Waals surface area (Å²) in [7, 11) is 0. The van der Waals surface area contributed by atoms with Crippen molar-refractivity contribution in [1.29, 1.82) is 0 Å². The molecule has 0 radical (unpaired) electrons. The summed E-state index contributed by atoms with van der Waals surface area (Å²) >= 11 is 1.47. The Morgan fingerprint density at radius 2 is 1.71 bits per heavy atom. The van der Waals surface area contributed by atoms with Crippen LogP contribution >= 0.6 is 11.8 Å². The Balaban J connectivity index is 2.00. The Morgan fingerprint density at radius 3 is 2.48 bits per heavy atom. The minimum absolute atomic E-state index is 0.357. The average Bonchev–Trinajstić information content (AvgIpc) is 2.47. The number of hydrogen-bond donors (Lipinski definition) is 1. The lowest BCUT2D eigenvalue weighted by Gasteiger charge is -2.13. The first-order valence-corrected chi connectivity index (χ1v) is 7.60. The highest BCUT2D eigenvalue weighted by molar-refractivity contribution is 7.99. The summed E-state index contributed by atoms with van der Waals surface area (Å²) < 4.78 is 13.9. The number of hydrogen-bond acceptors (Lipinski definition) is 2. The van der Waals surface area contributed by atoms with Crippen LogP contribution in [0.4, 0.5) is 4.39 Å². The van der Waals surface area contributed by atoms with Crippen molar-refractivity contribution in [3.63, 3.8) is 0 Å². The second-order valence-corrected chi connectivity index (χ2v) is 6.05. The van der Waals surface area contributed by atoms with Gasteiger partial charge in [0.2, 0.25) is 0 Å². The van der Waals surface area contributed by atoms with E-state index in [-0.39, 0.29) is 5.82 Å². The molecule has 0 unspecified atom stereocenters. The van der Waals surface area contributed by atoms with Crippen molar-refractivity contribution in [3.8, 4) is 0 Å². The van der Waals surface area contributed by atoms with Gasteiger partial charge >= 0.3 is 0 Å². The van der Waals surface area contributed by atoms with E-state index in [2.05, 4.69) is 24.3 Å². The summed E-state index contributed by atoms with van der Waals surface area (Å²) in [5.41, 5.74) is 0.357. The summed E-state index contributed by atoms with van der Waals surface area (Å²) in [4.78, 5) is 1.78. The number of aliphatic hydroxyl groups is 1. The molecule has 0 aliphatic heterocycles. The van der Waals surface area contributed by atoms with Crippen LogP contribution in [0, 0.1) is 5.82 Å². The minimum atomic E-state index is -0.825. The molecule has 1 nitrogen and oxygen atoms in total. The maximum atomic E-state index is 13.9. The van der Waals surface area contributed by atoms with Gasteiger partial charge in [-0.2, -0.15) is 0 Å². The van der Waals surface area contributed by atoms with E-state index >= 15 is 0 Å². The van der Waals surface area contributed by atoms with Crippen molar-refractivity contribution in [2.45, 2.75) is 22.8 Å². The molecule has 0 aliphatic rings. The van der Waals surface area contributed by atoms with Crippen molar-refractivity contribution >= 4 is 22.5 Å². The molecule has 0 saturated heterocycles. The van der Waals surface area contributed by atoms with Crippen LogP contribution in [0.15, 0.2) is 70.5 Å². The van der Waals surface area contributed by atoms with Gasteiger partial charge in [0.25, 0.3) is 0 Å². The SMILES string of the molecule is C[C@@H](O)c1c(F)cccc1Sc1ccc2ccccc2c1. The van der Waals surface area contributed by atoms with Crippen LogP contribution in [0.3, 0.4) is 0 Å². The molecular formula is C18H15FOS. The van der Waals surface area contributed by atoms with Gasteiger partial charge in [-0.25, -0.2) is 4.39 Å². The number of fused-ring (bicyclic) bond motifs is 1. The molecule has 106 valence electrons. The first-order chi connectivity index (χ1) is 10.1. The highest BCUT2D eigenvalue weighted by atomic mass is 32.2. The number of halogens is 1. The second kappa shape index (κ2) is 5.88. The summed E-state index contributed by atoms with van der Waals surface area (Å²) in [5.74, 6) is -0.365. The topological polar surface area (TPSA) is 20.2 Å². The van der Waals surface area contributed by atoms with Crippen molar-refractivity contribution in [2.24, 2.45) is 0 Å². The molecule has 0 aromatic heterocycles. The third-order valence-corrected chi connectivity index (χ3v) is 4.44. The van der Waals surface area contributed by atoms with Gasteiger partial charge in [0.1, 0.15) is 5.82 Å². The smallest absolute Gasteiger partial charge is 0.130 e. The van der Waals surface area contributed by atoms with Gasteiger partial charge in [-0.1, -0.05) is 48.2 Å².